The average molecular weight is 264 g/mol. The van der Waals surface area contributed by atoms with E-state index in [1.54, 1.807) is 0 Å². The molecule has 3 aliphatic rings. The van der Waals surface area contributed by atoms with E-state index in [9.17, 15) is 4.79 Å². The zero-order valence-corrected chi connectivity index (χ0v) is 12.2. The first-order valence-electron chi connectivity index (χ1n) is 8.30. The predicted molar refractivity (Wildman–Crippen MR) is 76.8 cm³/mol. The maximum atomic E-state index is 12.9. The molecule has 0 aromatic heterocycles. The summed E-state index contributed by atoms with van der Waals surface area (Å²) in [5.41, 5.74) is 0. The van der Waals surface area contributed by atoms with Crippen LogP contribution >= 0.6 is 0 Å². The van der Waals surface area contributed by atoms with E-state index in [0.717, 1.165) is 32.0 Å². The molecule has 1 aliphatic heterocycles. The van der Waals surface area contributed by atoms with Crippen LogP contribution in [0.2, 0.25) is 0 Å². The molecule has 3 nitrogen and oxygen atoms in total. The summed E-state index contributed by atoms with van der Waals surface area (Å²) in [7, 11) is 0. The van der Waals surface area contributed by atoms with Crippen LogP contribution in [-0.2, 0) is 4.79 Å². The van der Waals surface area contributed by atoms with Gasteiger partial charge in [0, 0.05) is 25.0 Å². The second-order valence-corrected chi connectivity index (χ2v) is 6.81. The Labute approximate surface area is 117 Å². The molecule has 108 valence electrons. The molecule has 2 aliphatic carbocycles. The Kier molecular flexibility index (Phi) is 4.11. The van der Waals surface area contributed by atoms with Crippen molar-refractivity contribution in [1.29, 1.82) is 0 Å². The number of piperidine rings is 1. The van der Waals surface area contributed by atoms with Gasteiger partial charge in [0.1, 0.15) is 0 Å². The highest BCUT2D eigenvalue weighted by Crippen LogP contribution is 2.49. The number of nitrogens with zero attached hydrogens (tertiary/aromatic N) is 1. The number of amides is 1. The molecule has 1 saturated heterocycles. The molecule has 1 heterocycles. The summed E-state index contributed by atoms with van der Waals surface area (Å²) in [4.78, 5) is 15.2. The van der Waals surface area contributed by atoms with Gasteiger partial charge in [0.05, 0.1) is 0 Å². The summed E-state index contributed by atoms with van der Waals surface area (Å²) in [6.45, 7) is 5.28. The van der Waals surface area contributed by atoms with Gasteiger partial charge < -0.3 is 10.2 Å². The standard InChI is InChI=1S/C16H28N2O/c1-2-8-18(14-4-3-7-17-11-14)16(19)15-10-12-5-6-13(15)9-12/h12-15,17H,2-11H2,1H3. The summed E-state index contributed by atoms with van der Waals surface area (Å²) in [6, 6.07) is 0.459. The van der Waals surface area contributed by atoms with E-state index in [1.807, 2.05) is 0 Å². The Balaban J connectivity index is 1.66. The number of hydrogen-bond donors (Lipinski definition) is 1. The summed E-state index contributed by atoms with van der Waals surface area (Å²) in [6.07, 6.45) is 8.71. The molecular weight excluding hydrogens is 236 g/mol. The van der Waals surface area contributed by atoms with Crippen molar-refractivity contribution < 1.29 is 4.79 Å². The van der Waals surface area contributed by atoms with Crippen LogP contribution < -0.4 is 5.32 Å². The van der Waals surface area contributed by atoms with E-state index in [-0.39, 0.29) is 0 Å². The predicted octanol–water partition coefficient (Wildman–Crippen LogP) is 2.41. The van der Waals surface area contributed by atoms with Crippen LogP contribution in [0.4, 0.5) is 0 Å². The Hall–Kier alpha value is -0.570. The van der Waals surface area contributed by atoms with Crippen LogP contribution in [0.15, 0.2) is 0 Å². The molecular formula is C16H28N2O. The minimum Gasteiger partial charge on any atom is -0.338 e. The first-order chi connectivity index (χ1) is 9.29. The third-order valence-electron chi connectivity index (χ3n) is 5.51. The van der Waals surface area contributed by atoms with E-state index < -0.39 is 0 Å². The van der Waals surface area contributed by atoms with Gasteiger partial charge in [-0.25, -0.2) is 0 Å². The van der Waals surface area contributed by atoms with Crippen LogP contribution in [0.25, 0.3) is 0 Å². The Bertz CT molecular complexity index is 325. The van der Waals surface area contributed by atoms with E-state index in [2.05, 4.69) is 17.1 Å². The van der Waals surface area contributed by atoms with Crippen LogP contribution in [0, 0.1) is 17.8 Å². The molecule has 0 radical (unpaired) electrons. The lowest BCUT2D eigenvalue weighted by atomic mass is 9.87. The Morgan fingerprint density at radius 1 is 1.26 bits per heavy atom. The maximum absolute atomic E-state index is 12.9. The average Bonchev–Trinajstić information content (AvgIpc) is 3.07. The minimum atomic E-state index is 0.368. The fourth-order valence-electron chi connectivity index (χ4n) is 4.57. The second kappa shape index (κ2) is 5.82. The van der Waals surface area contributed by atoms with Gasteiger partial charge in [-0.1, -0.05) is 13.3 Å². The largest absolute Gasteiger partial charge is 0.338 e. The first-order valence-corrected chi connectivity index (χ1v) is 8.30. The monoisotopic (exact) mass is 264 g/mol. The number of rotatable bonds is 4. The number of nitrogens with one attached hydrogen (secondary N) is 1. The molecule has 2 bridgehead atoms. The van der Waals surface area contributed by atoms with Gasteiger partial charge in [0.15, 0.2) is 0 Å². The fraction of sp³-hybridized carbons (Fsp3) is 0.938. The van der Waals surface area contributed by atoms with Crippen LogP contribution in [0.3, 0.4) is 0 Å². The molecule has 0 aromatic carbocycles. The molecule has 0 aromatic rings. The van der Waals surface area contributed by atoms with Gasteiger partial charge in [-0.05, 0) is 56.9 Å². The fourth-order valence-corrected chi connectivity index (χ4v) is 4.57. The zero-order valence-electron chi connectivity index (χ0n) is 12.2. The van der Waals surface area contributed by atoms with Gasteiger partial charge in [-0.3, -0.25) is 4.79 Å². The van der Waals surface area contributed by atoms with Crippen LogP contribution in [0.5, 0.6) is 0 Å². The van der Waals surface area contributed by atoms with Crippen LogP contribution in [-0.4, -0.2) is 36.5 Å². The number of carbonyl (C=O) groups is 1. The molecule has 1 amide bonds. The van der Waals surface area contributed by atoms with E-state index in [4.69, 9.17) is 0 Å². The summed E-state index contributed by atoms with van der Waals surface area (Å²) < 4.78 is 0. The maximum Gasteiger partial charge on any atom is 0.226 e. The van der Waals surface area contributed by atoms with Crippen molar-refractivity contribution in [3.63, 3.8) is 0 Å². The van der Waals surface area contributed by atoms with Crippen molar-refractivity contribution in [2.75, 3.05) is 19.6 Å². The highest BCUT2D eigenvalue weighted by Gasteiger charge is 2.45. The van der Waals surface area contributed by atoms with Gasteiger partial charge in [-0.15, -0.1) is 0 Å². The van der Waals surface area contributed by atoms with Gasteiger partial charge >= 0.3 is 0 Å². The van der Waals surface area contributed by atoms with Crippen LogP contribution in [0.1, 0.15) is 51.9 Å². The molecule has 2 saturated carbocycles. The van der Waals surface area contributed by atoms with Gasteiger partial charge in [-0.2, -0.15) is 0 Å². The lowest BCUT2D eigenvalue weighted by Gasteiger charge is -2.37. The Morgan fingerprint density at radius 2 is 2.16 bits per heavy atom. The summed E-state index contributed by atoms with van der Waals surface area (Å²) >= 11 is 0. The summed E-state index contributed by atoms with van der Waals surface area (Å²) in [5, 5.41) is 3.46. The van der Waals surface area contributed by atoms with Crippen molar-refractivity contribution in [2.24, 2.45) is 17.8 Å². The van der Waals surface area contributed by atoms with Crippen molar-refractivity contribution >= 4 is 5.91 Å². The second-order valence-electron chi connectivity index (χ2n) is 6.81. The Morgan fingerprint density at radius 3 is 2.74 bits per heavy atom. The summed E-state index contributed by atoms with van der Waals surface area (Å²) in [5.74, 6) is 2.44. The van der Waals surface area contributed by atoms with Crippen molar-refractivity contribution in [3.8, 4) is 0 Å². The molecule has 3 fully saturated rings. The van der Waals surface area contributed by atoms with E-state index in [0.29, 0.717) is 23.8 Å². The third-order valence-corrected chi connectivity index (χ3v) is 5.51. The van der Waals surface area contributed by atoms with Crippen molar-refractivity contribution in [3.05, 3.63) is 0 Å². The topological polar surface area (TPSA) is 32.3 Å². The van der Waals surface area contributed by atoms with E-state index >= 15 is 0 Å². The number of carbonyl (C=O) groups excluding carboxylic acids is 1. The lowest BCUT2D eigenvalue weighted by Crippen LogP contribution is -2.51. The SMILES string of the molecule is CCCN(C(=O)C1CC2CCC1C2)C1CCCNC1. The highest BCUT2D eigenvalue weighted by molar-refractivity contribution is 5.80. The quantitative estimate of drug-likeness (QED) is 0.845. The first kappa shape index (κ1) is 13.4. The number of fused-ring (bicyclic) bond motifs is 2. The molecule has 1 N–H and O–H groups in total. The molecule has 0 spiro atoms. The zero-order chi connectivity index (χ0) is 13.2. The molecule has 3 heteroatoms. The molecule has 3 rings (SSSR count). The lowest BCUT2D eigenvalue weighted by molar-refractivity contribution is -0.140. The molecule has 4 unspecified atom stereocenters. The van der Waals surface area contributed by atoms with E-state index in [1.165, 1.54) is 38.5 Å². The third kappa shape index (κ3) is 2.67. The van der Waals surface area contributed by atoms with Crippen molar-refractivity contribution in [2.45, 2.75) is 57.9 Å². The molecule has 4 atom stereocenters. The normalized spacial score (nSPS) is 37.5. The highest BCUT2D eigenvalue weighted by atomic mass is 16.2. The van der Waals surface area contributed by atoms with Gasteiger partial charge in [0.2, 0.25) is 5.91 Å². The smallest absolute Gasteiger partial charge is 0.226 e. The number of hydrogen-bond acceptors (Lipinski definition) is 2. The molecule has 19 heavy (non-hydrogen) atoms. The van der Waals surface area contributed by atoms with Crippen molar-refractivity contribution in [1.82, 2.24) is 10.2 Å². The minimum absolute atomic E-state index is 0.368. The van der Waals surface area contributed by atoms with Gasteiger partial charge in [0.25, 0.3) is 0 Å².